The first-order chi connectivity index (χ1) is 6.57. The van der Waals surface area contributed by atoms with Crippen molar-refractivity contribution in [3.63, 3.8) is 0 Å². The second-order valence-corrected chi connectivity index (χ2v) is 3.76. The summed E-state index contributed by atoms with van der Waals surface area (Å²) in [6, 6.07) is 0. The van der Waals surface area contributed by atoms with Gasteiger partial charge in [-0.3, -0.25) is 0 Å². The summed E-state index contributed by atoms with van der Waals surface area (Å²) in [4.78, 5) is 0. The fraction of sp³-hybridized carbons (Fsp3) is 1.00. The number of hydrogen-bond acceptors (Lipinski definition) is 6. The number of rotatable bonds is 2. The van der Waals surface area contributed by atoms with Crippen molar-refractivity contribution in [1.29, 1.82) is 0 Å². The minimum Gasteiger partial charge on any atom is -0.394 e. The van der Waals surface area contributed by atoms with Crippen LogP contribution in [-0.2, 0) is 9.47 Å². The molecule has 0 radical (unpaired) electrons. The van der Waals surface area contributed by atoms with Crippen LogP contribution in [0.2, 0.25) is 0 Å². The molecule has 82 valence electrons. The molecule has 2 rings (SSSR count). The smallest absolute Gasteiger partial charge is 0.184 e. The lowest BCUT2D eigenvalue weighted by Crippen LogP contribution is -2.51. The van der Waals surface area contributed by atoms with Crippen LogP contribution < -0.4 is 0 Å². The fourth-order valence-corrected chi connectivity index (χ4v) is 2.17. The first-order valence-electron chi connectivity index (χ1n) is 4.45. The molecule has 0 aromatic carbocycles. The Hall–Kier alpha value is -0.240. The van der Waals surface area contributed by atoms with Gasteiger partial charge in [0.25, 0.3) is 0 Å². The van der Waals surface area contributed by atoms with Gasteiger partial charge in [-0.15, -0.1) is 0 Å². The van der Waals surface area contributed by atoms with Crippen LogP contribution in [0.3, 0.4) is 0 Å². The van der Waals surface area contributed by atoms with Gasteiger partial charge in [-0.25, -0.2) is 0 Å². The van der Waals surface area contributed by atoms with Crippen molar-refractivity contribution in [3.8, 4) is 0 Å². The summed E-state index contributed by atoms with van der Waals surface area (Å²) in [5.74, 6) is -0.696. The van der Waals surface area contributed by atoms with Gasteiger partial charge in [0.05, 0.1) is 18.6 Å². The van der Waals surface area contributed by atoms with E-state index in [4.69, 9.17) is 14.6 Å². The van der Waals surface area contributed by atoms with Gasteiger partial charge in [-0.1, -0.05) is 0 Å². The normalized spacial score (nSPS) is 56.8. The third-order valence-electron chi connectivity index (χ3n) is 3.10. The Morgan fingerprint density at radius 3 is 2.57 bits per heavy atom. The van der Waals surface area contributed by atoms with Crippen LogP contribution in [0.5, 0.6) is 0 Å². The summed E-state index contributed by atoms with van der Waals surface area (Å²) in [5, 5.41) is 37.7. The zero-order chi connectivity index (χ0) is 10.5. The van der Waals surface area contributed by atoms with Gasteiger partial charge in [0.1, 0.15) is 17.8 Å². The average Bonchev–Trinajstić information content (AvgIpc) is 2.72. The molecule has 6 nitrogen and oxygen atoms in total. The number of fused-ring (bicyclic) bond motifs is 1. The molecule has 1 saturated carbocycles. The average molecular weight is 206 g/mol. The van der Waals surface area contributed by atoms with Crippen LogP contribution in [0.15, 0.2) is 0 Å². The highest BCUT2D eigenvalue weighted by molar-refractivity contribution is 5.22. The second kappa shape index (κ2) is 3.13. The molecule has 2 fully saturated rings. The molecule has 14 heavy (non-hydrogen) atoms. The van der Waals surface area contributed by atoms with E-state index in [0.717, 1.165) is 0 Å². The van der Waals surface area contributed by atoms with Crippen LogP contribution in [-0.4, -0.2) is 64.3 Å². The molecule has 1 saturated heterocycles. The number of hydrogen-bond donors (Lipinski definition) is 4. The van der Waals surface area contributed by atoms with Gasteiger partial charge in [0, 0.05) is 7.11 Å². The molecule has 0 bridgehead atoms. The van der Waals surface area contributed by atoms with Crippen LogP contribution in [0, 0.1) is 5.92 Å². The molecular weight excluding hydrogens is 192 g/mol. The van der Waals surface area contributed by atoms with Gasteiger partial charge in [-0.05, 0) is 0 Å². The van der Waals surface area contributed by atoms with Gasteiger partial charge < -0.3 is 29.9 Å². The molecule has 6 atom stereocenters. The summed E-state index contributed by atoms with van der Waals surface area (Å²) in [7, 11) is 1.35. The van der Waals surface area contributed by atoms with E-state index in [1.165, 1.54) is 7.11 Å². The summed E-state index contributed by atoms with van der Waals surface area (Å²) in [5.41, 5.74) is -1.52. The van der Waals surface area contributed by atoms with E-state index in [-0.39, 0.29) is 0 Å². The van der Waals surface area contributed by atoms with Crippen molar-refractivity contribution >= 4 is 0 Å². The lowest BCUT2D eigenvalue weighted by atomic mass is 10.0. The van der Waals surface area contributed by atoms with Gasteiger partial charge in [-0.2, -0.15) is 0 Å². The highest BCUT2D eigenvalue weighted by Gasteiger charge is 2.75. The predicted octanol–water partition coefficient (Wildman–Crippen LogP) is -2.57. The van der Waals surface area contributed by atoms with Crippen LogP contribution in [0.25, 0.3) is 0 Å². The van der Waals surface area contributed by atoms with E-state index >= 15 is 0 Å². The summed E-state index contributed by atoms with van der Waals surface area (Å²) < 4.78 is 9.91. The summed E-state index contributed by atoms with van der Waals surface area (Å²) >= 11 is 0. The Balaban J connectivity index is 2.18. The van der Waals surface area contributed by atoms with Crippen molar-refractivity contribution in [2.24, 2.45) is 5.92 Å². The Kier molecular flexibility index (Phi) is 2.30. The van der Waals surface area contributed by atoms with E-state index in [2.05, 4.69) is 0 Å². The Labute approximate surface area is 80.7 Å². The van der Waals surface area contributed by atoms with Crippen molar-refractivity contribution < 1.29 is 29.9 Å². The second-order valence-electron chi connectivity index (χ2n) is 3.76. The molecule has 0 spiro atoms. The molecule has 0 aromatic heterocycles. The highest BCUT2D eigenvalue weighted by Crippen LogP contribution is 2.53. The molecule has 4 unspecified atom stereocenters. The molecule has 0 aromatic rings. The van der Waals surface area contributed by atoms with Crippen molar-refractivity contribution in [2.45, 2.75) is 30.2 Å². The quantitative estimate of drug-likeness (QED) is 0.396. The summed E-state index contributed by atoms with van der Waals surface area (Å²) in [6.45, 7) is -0.420. The van der Waals surface area contributed by atoms with Crippen LogP contribution in [0.1, 0.15) is 0 Å². The number of methoxy groups -OCH3 is 1. The predicted molar refractivity (Wildman–Crippen MR) is 43.2 cm³/mol. The Morgan fingerprint density at radius 2 is 2.07 bits per heavy atom. The molecule has 0 amide bonds. The van der Waals surface area contributed by atoms with E-state index in [9.17, 15) is 15.3 Å². The van der Waals surface area contributed by atoms with E-state index in [0.29, 0.717) is 0 Å². The third-order valence-corrected chi connectivity index (χ3v) is 3.10. The maximum atomic E-state index is 9.81. The zero-order valence-electron chi connectivity index (χ0n) is 7.70. The maximum Gasteiger partial charge on any atom is 0.184 e. The van der Waals surface area contributed by atoms with Crippen molar-refractivity contribution in [3.05, 3.63) is 0 Å². The lowest BCUT2D eigenvalue weighted by Gasteiger charge is -2.34. The first-order valence-corrected chi connectivity index (χ1v) is 4.45. The van der Waals surface area contributed by atoms with Crippen molar-refractivity contribution in [1.82, 2.24) is 0 Å². The standard InChI is InChI=1S/C8H14O6/c1-13-7-5(10)4-6(11)8(4,12)3(2-9)14-7/h3-7,9-12H,2H2,1H3/t3?,4-,5?,6?,7-,8?/m0/s1. The molecule has 6 heteroatoms. The Morgan fingerprint density at radius 1 is 1.43 bits per heavy atom. The topological polar surface area (TPSA) is 99.4 Å². The molecule has 2 aliphatic rings. The monoisotopic (exact) mass is 206 g/mol. The SMILES string of the molecule is CO[C@H]1OC(CO)C2(O)C(O)[C@@H]2C1O. The minimum atomic E-state index is -1.52. The number of ether oxygens (including phenoxy) is 2. The van der Waals surface area contributed by atoms with Gasteiger partial charge in [0.2, 0.25) is 0 Å². The maximum absolute atomic E-state index is 9.81. The molecular formula is C8H14O6. The largest absolute Gasteiger partial charge is 0.394 e. The lowest BCUT2D eigenvalue weighted by molar-refractivity contribution is -0.265. The van der Waals surface area contributed by atoms with E-state index in [1.54, 1.807) is 0 Å². The number of aliphatic hydroxyl groups excluding tert-OH is 3. The fourth-order valence-electron chi connectivity index (χ4n) is 2.17. The van der Waals surface area contributed by atoms with Gasteiger partial charge in [0.15, 0.2) is 6.29 Å². The zero-order valence-corrected chi connectivity index (χ0v) is 7.70. The highest BCUT2D eigenvalue weighted by atomic mass is 16.7. The minimum absolute atomic E-state index is 0.420. The molecule has 1 aliphatic heterocycles. The molecule has 1 aliphatic carbocycles. The van der Waals surface area contributed by atoms with Crippen LogP contribution in [0.4, 0.5) is 0 Å². The van der Waals surface area contributed by atoms with E-state index < -0.39 is 42.7 Å². The Bertz CT molecular complexity index is 230. The summed E-state index contributed by atoms with van der Waals surface area (Å²) in [6.07, 6.45) is -3.94. The first kappa shape index (κ1) is 10.3. The third kappa shape index (κ3) is 1.06. The molecule has 1 heterocycles. The van der Waals surface area contributed by atoms with Gasteiger partial charge >= 0.3 is 0 Å². The van der Waals surface area contributed by atoms with E-state index in [1.807, 2.05) is 0 Å². The molecule has 4 N–H and O–H groups in total. The van der Waals surface area contributed by atoms with Crippen molar-refractivity contribution in [2.75, 3.05) is 13.7 Å². The number of aliphatic hydroxyl groups is 4. The van der Waals surface area contributed by atoms with Crippen LogP contribution >= 0.6 is 0 Å².